The van der Waals surface area contributed by atoms with Crippen molar-refractivity contribution in [2.24, 2.45) is 0 Å². The molecular weight excluding hydrogens is 189 g/mol. The Balaban J connectivity index is 2.06. The molecule has 1 aromatic rings. The summed E-state index contributed by atoms with van der Waals surface area (Å²) in [5.41, 5.74) is 1.91. The molecule has 3 nitrogen and oxygen atoms in total. The van der Waals surface area contributed by atoms with Gasteiger partial charge in [-0.1, -0.05) is 24.3 Å². The first-order valence-corrected chi connectivity index (χ1v) is 5.12. The summed E-state index contributed by atoms with van der Waals surface area (Å²) >= 11 is 0. The van der Waals surface area contributed by atoms with E-state index in [1.165, 1.54) is 5.69 Å². The van der Waals surface area contributed by atoms with Gasteiger partial charge in [-0.3, -0.25) is 0 Å². The number of hydrogen-bond donors (Lipinski definition) is 2. The second-order valence-electron chi connectivity index (χ2n) is 3.68. The van der Waals surface area contributed by atoms with E-state index < -0.39 is 7.12 Å². The van der Waals surface area contributed by atoms with Crippen molar-refractivity contribution in [3.05, 3.63) is 41.9 Å². The molecule has 0 fully saturated rings. The van der Waals surface area contributed by atoms with Crippen LogP contribution in [0.15, 0.2) is 41.9 Å². The number of anilines is 1. The van der Waals surface area contributed by atoms with Crippen LogP contribution in [-0.4, -0.2) is 30.3 Å². The Bertz CT molecular complexity index is 351. The van der Waals surface area contributed by atoms with Crippen LogP contribution >= 0.6 is 0 Å². The minimum Gasteiger partial charge on any atom is -0.423 e. The smallest absolute Gasteiger partial charge is 0.423 e. The van der Waals surface area contributed by atoms with E-state index >= 15 is 0 Å². The van der Waals surface area contributed by atoms with Crippen LogP contribution in [-0.2, 0) is 0 Å². The molecule has 1 aromatic carbocycles. The average Bonchev–Trinajstić information content (AvgIpc) is 2.30. The van der Waals surface area contributed by atoms with Gasteiger partial charge in [-0.15, -0.1) is 0 Å². The first kappa shape index (κ1) is 10.3. The SMILES string of the molecule is OB(O)C1=CCN(c2ccccc2)CC1. The summed E-state index contributed by atoms with van der Waals surface area (Å²) in [6.07, 6.45) is 2.60. The molecule has 0 atom stereocenters. The normalized spacial score (nSPS) is 16.1. The molecule has 0 radical (unpaired) electrons. The van der Waals surface area contributed by atoms with E-state index in [-0.39, 0.29) is 0 Å². The highest BCUT2D eigenvalue weighted by molar-refractivity contribution is 6.50. The third-order valence-electron chi connectivity index (χ3n) is 2.70. The van der Waals surface area contributed by atoms with Crippen LogP contribution in [0.3, 0.4) is 0 Å². The largest absolute Gasteiger partial charge is 0.483 e. The molecule has 0 amide bonds. The zero-order valence-corrected chi connectivity index (χ0v) is 8.50. The van der Waals surface area contributed by atoms with E-state index in [0.29, 0.717) is 6.42 Å². The lowest BCUT2D eigenvalue weighted by Crippen LogP contribution is -2.32. The van der Waals surface area contributed by atoms with Gasteiger partial charge >= 0.3 is 7.12 Å². The van der Waals surface area contributed by atoms with E-state index in [9.17, 15) is 0 Å². The van der Waals surface area contributed by atoms with Gasteiger partial charge in [0.25, 0.3) is 0 Å². The van der Waals surface area contributed by atoms with Crippen molar-refractivity contribution >= 4 is 12.8 Å². The van der Waals surface area contributed by atoms with Crippen LogP contribution in [0.4, 0.5) is 5.69 Å². The molecule has 0 aliphatic carbocycles. The Hall–Kier alpha value is -1.26. The second kappa shape index (κ2) is 4.51. The van der Waals surface area contributed by atoms with Crippen LogP contribution < -0.4 is 4.90 Å². The fourth-order valence-corrected chi connectivity index (χ4v) is 1.79. The molecule has 1 aliphatic rings. The second-order valence-corrected chi connectivity index (χ2v) is 3.68. The lowest BCUT2D eigenvalue weighted by Gasteiger charge is -2.28. The molecule has 0 saturated heterocycles. The van der Waals surface area contributed by atoms with Gasteiger partial charge in [0.05, 0.1) is 0 Å². The van der Waals surface area contributed by atoms with Gasteiger partial charge < -0.3 is 14.9 Å². The van der Waals surface area contributed by atoms with Crippen molar-refractivity contribution in [2.45, 2.75) is 6.42 Å². The minimum atomic E-state index is -1.29. The average molecular weight is 203 g/mol. The third-order valence-corrected chi connectivity index (χ3v) is 2.70. The lowest BCUT2D eigenvalue weighted by atomic mass is 9.76. The molecule has 0 saturated carbocycles. The minimum absolute atomic E-state index is 0.715. The molecule has 78 valence electrons. The summed E-state index contributed by atoms with van der Waals surface area (Å²) < 4.78 is 0. The monoisotopic (exact) mass is 203 g/mol. The van der Waals surface area contributed by atoms with E-state index in [1.807, 2.05) is 24.3 Å². The summed E-state index contributed by atoms with van der Waals surface area (Å²) in [5, 5.41) is 18.0. The van der Waals surface area contributed by atoms with Crippen LogP contribution in [0.2, 0.25) is 0 Å². The number of hydrogen-bond acceptors (Lipinski definition) is 3. The van der Waals surface area contributed by atoms with Gasteiger partial charge in [0.15, 0.2) is 0 Å². The Kier molecular flexibility index (Phi) is 3.09. The molecule has 0 bridgehead atoms. The van der Waals surface area contributed by atoms with Crippen molar-refractivity contribution in [3.8, 4) is 0 Å². The third kappa shape index (κ3) is 2.40. The summed E-state index contributed by atoms with van der Waals surface area (Å²) in [6, 6.07) is 10.1. The van der Waals surface area contributed by atoms with E-state index in [4.69, 9.17) is 10.0 Å². The topological polar surface area (TPSA) is 43.7 Å². The predicted molar refractivity (Wildman–Crippen MR) is 61.5 cm³/mol. The highest BCUT2D eigenvalue weighted by Crippen LogP contribution is 2.19. The first-order valence-electron chi connectivity index (χ1n) is 5.12. The molecule has 0 spiro atoms. The van der Waals surface area contributed by atoms with Crippen molar-refractivity contribution in [1.29, 1.82) is 0 Å². The van der Waals surface area contributed by atoms with Gasteiger partial charge in [0.1, 0.15) is 0 Å². The fraction of sp³-hybridized carbons (Fsp3) is 0.273. The van der Waals surface area contributed by atoms with Crippen molar-refractivity contribution < 1.29 is 10.0 Å². The van der Waals surface area contributed by atoms with E-state index in [0.717, 1.165) is 18.6 Å². The summed E-state index contributed by atoms with van der Waals surface area (Å²) in [7, 11) is -1.29. The quantitative estimate of drug-likeness (QED) is 0.699. The van der Waals surface area contributed by atoms with Crippen LogP contribution in [0.1, 0.15) is 6.42 Å². The maximum atomic E-state index is 9.00. The molecule has 4 heteroatoms. The highest BCUT2D eigenvalue weighted by Gasteiger charge is 2.19. The fourth-order valence-electron chi connectivity index (χ4n) is 1.79. The van der Waals surface area contributed by atoms with E-state index in [1.54, 1.807) is 0 Å². The standard InChI is InChI=1S/C11H14BNO2/c14-12(15)10-6-8-13(9-7-10)11-4-2-1-3-5-11/h1-6,14-15H,7-9H2. The maximum absolute atomic E-state index is 9.00. The van der Waals surface area contributed by atoms with Gasteiger partial charge in [-0.25, -0.2) is 0 Å². The molecule has 0 unspecified atom stereocenters. The van der Waals surface area contributed by atoms with Crippen molar-refractivity contribution in [2.75, 3.05) is 18.0 Å². The van der Waals surface area contributed by atoms with Gasteiger partial charge in [0, 0.05) is 18.8 Å². The maximum Gasteiger partial charge on any atom is 0.483 e. The molecule has 15 heavy (non-hydrogen) atoms. The van der Waals surface area contributed by atoms with Crippen LogP contribution in [0.5, 0.6) is 0 Å². The lowest BCUT2D eigenvalue weighted by molar-refractivity contribution is 0.415. The van der Waals surface area contributed by atoms with E-state index in [2.05, 4.69) is 17.0 Å². The summed E-state index contributed by atoms with van der Waals surface area (Å²) in [5.74, 6) is 0. The predicted octanol–water partition coefficient (Wildman–Crippen LogP) is 0.835. The Morgan fingerprint density at radius 1 is 1.13 bits per heavy atom. The highest BCUT2D eigenvalue weighted by atomic mass is 16.4. The van der Waals surface area contributed by atoms with Crippen LogP contribution in [0, 0.1) is 0 Å². The van der Waals surface area contributed by atoms with Crippen LogP contribution in [0.25, 0.3) is 0 Å². The molecular formula is C11H14BNO2. The summed E-state index contributed by atoms with van der Waals surface area (Å²) in [4.78, 5) is 2.21. The van der Waals surface area contributed by atoms with Gasteiger partial charge in [0.2, 0.25) is 0 Å². The van der Waals surface area contributed by atoms with Crippen molar-refractivity contribution in [1.82, 2.24) is 0 Å². The molecule has 1 heterocycles. The zero-order valence-electron chi connectivity index (χ0n) is 8.50. The van der Waals surface area contributed by atoms with Gasteiger partial charge in [-0.05, 0) is 24.0 Å². The number of benzene rings is 1. The molecule has 1 aliphatic heterocycles. The van der Waals surface area contributed by atoms with Crippen molar-refractivity contribution in [3.63, 3.8) is 0 Å². The first-order chi connectivity index (χ1) is 7.27. The Labute approximate surface area is 89.8 Å². The molecule has 0 aromatic heterocycles. The number of rotatable bonds is 2. The zero-order chi connectivity index (χ0) is 10.7. The Morgan fingerprint density at radius 3 is 2.40 bits per heavy atom. The molecule has 2 rings (SSSR count). The summed E-state index contributed by atoms with van der Waals surface area (Å²) in [6.45, 7) is 1.59. The number of nitrogens with zero attached hydrogens (tertiary/aromatic N) is 1. The number of para-hydroxylation sites is 1. The van der Waals surface area contributed by atoms with Gasteiger partial charge in [-0.2, -0.15) is 0 Å². The molecule has 2 N–H and O–H groups in total. The Morgan fingerprint density at radius 2 is 1.87 bits per heavy atom.